The normalized spacial score (nSPS) is 12.5. The lowest BCUT2D eigenvalue weighted by atomic mass is 10.0. The molecule has 6 heteroatoms. The van der Waals surface area contributed by atoms with E-state index in [9.17, 15) is 4.79 Å². The summed E-state index contributed by atoms with van der Waals surface area (Å²) < 4.78 is 5.54. The Labute approximate surface area is 128 Å². The maximum atomic E-state index is 11.8. The number of nitrogens with one attached hydrogen (secondary N) is 1. The summed E-state index contributed by atoms with van der Waals surface area (Å²) >= 11 is 1.29. The first-order valence-corrected chi connectivity index (χ1v) is 8.07. The van der Waals surface area contributed by atoms with Crippen LogP contribution in [0.5, 0.6) is 0 Å². The minimum Gasteiger partial charge on any atom is -0.431 e. The number of rotatable bonds is 8. The van der Waals surface area contributed by atoms with E-state index >= 15 is 0 Å². The summed E-state index contributed by atoms with van der Waals surface area (Å²) in [6.07, 6.45) is 1.66. The van der Waals surface area contributed by atoms with Gasteiger partial charge < -0.3 is 14.8 Å². The van der Waals surface area contributed by atoms with E-state index in [4.69, 9.17) is 9.52 Å². The van der Waals surface area contributed by atoms with Gasteiger partial charge in [0.1, 0.15) is 5.52 Å². The third-order valence-corrected chi connectivity index (χ3v) is 4.13. The number of benzene rings is 1. The highest BCUT2D eigenvalue weighted by Crippen LogP contribution is 2.22. The molecule has 0 aliphatic carbocycles. The zero-order chi connectivity index (χ0) is 15.1. The van der Waals surface area contributed by atoms with Crippen molar-refractivity contribution in [1.29, 1.82) is 0 Å². The van der Waals surface area contributed by atoms with Gasteiger partial charge >= 0.3 is 0 Å². The maximum absolute atomic E-state index is 11.8. The number of nitrogens with zero attached hydrogens (tertiary/aromatic N) is 1. The Hall–Kier alpha value is -1.53. The van der Waals surface area contributed by atoms with E-state index in [1.54, 1.807) is 0 Å². The fourth-order valence-corrected chi connectivity index (χ4v) is 2.65. The number of fused-ring (bicyclic) bond motifs is 1. The van der Waals surface area contributed by atoms with Crippen LogP contribution in [0, 0.1) is 5.92 Å². The Kier molecular flexibility index (Phi) is 6.07. The Bertz CT molecular complexity index is 552. The van der Waals surface area contributed by atoms with Crippen LogP contribution in [0.3, 0.4) is 0 Å². The first-order chi connectivity index (χ1) is 10.2. The molecule has 2 rings (SSSR count). The van der Waals surface area contributed by atoms with Crippen LogP contribution in [0.2, 0.25) is 0 Å². The molecule has 1 aromatic carbocycles. The molecule has 0 aliphatic heterocycles. The van der Waals surface area contributed by atoms with Crippen LogP contribution in [0.1, 0.15) is 19.8 Å². The van der Waals surface area contributed by atoms with Gasteiger partial charge in [-0.15, -0.1) is 0 Å². The summed E-state index contributed by atoms with van der Waals surface area (Å²) in [7, 11) is 0. The predicted octanol–water partition coefficient (Wildman–Crippen LogP) is 2.44. The van der Waals surface area contributed by atoms with E-state index in [1.165, 1.54) is 11.8 Å². The van der Waals surface area contributed by atoms with Crippen LogP contribution >= 0.6 is 11.8 Å². The van der Waals surface area contributed by atoms with Gasteiger partial charge in [0.15, 0.2) is 5.58 Å². The molecule has 0 spiro atoms. The monoisotopic (exact) mass is 308 g/mol. The number of carbonyl (C=O) groups excluding carboxylic acids is 1. The van der Waals surface area contributed by atoms with Crippen LogP contribution in [0.15, 0.2) is 33.9 Å². The average molecular weight is 308 g/mol. The molecule has 5 nitrogen and oxygen atoms in total. The highest BCUT2D eigenvalue weighted by molar-refractivity contribution is 7.99. The zero-order valence-electron chi connectivity index (χ0n) is 12.0. The van der Waals surface area contributed by atoms with Crippen molar-refractivity contribution in [3.63, 3.8) is 0 Å². The highest BCUT2D eigenvalue weighted by Gasteiger charge is 2.11. The van der Waals surface area contributed by atoms with Gasteiger partial charge in [-0.3, -0.25) is 4.79 Å². The minimum absolute atomic E-state index is 0.0429. The smallest absolute Gasteiger partial charge is 0.257 e. The Morgan fingerprint density at radius 3 is 3.00 bits per heavy atom. The summed E-state index contributed by atoms with van der Waals surface area (Å²) in [6.45, 7) is 2.82. The molecule has 0 fully saturated rings. The van der Waals surface area contributed by atoms with Crippen LogP contribution in [-0.2, 0) is 4.79 Å². The summed E-state index contributed by atoms with van der Waals surface area (Å²) in [4.78, 5) is 16.1. The Morgan fingerprint density at radius 1 is 1.48 bits per heavy atom. The second kappa shape index (κ2) is 8.05. The summed E-state index contributed by atoms with van der Waals surface area (Å²) in [5.74, 6) is 0.564. The van der Waals surface area contributed by atoms with E-state index in [0.29, 0.717) is 17.7 Å². The molecule has 2 aromatic rings. The number of carbonyl (C=O) groups is 1. The number of oxazole rings is 1. The molecule has 0 saturated heterocycles. The molecule has 2 N–H and O–H groups in total. The van der Waals surface area contributed by atoms with Crippen molar-refractivity contribution in [2.75, 3.05) is 18.9 Å². The summed E-state index contributed by atoms with van der Waals surface area (Å²) in [6, 6.07) is 7.52. The van der Waals surface area contributed by atoms with Crippen molar-refractivity contribution >= 4 is 28.8 Å². The van der Waals surface area contributed by atoms with Crippen molar-refractivity contribution in [3.05, 3.63) is 24.3 Å². The molecule has 1 atom stereocenters. The number of aliphatic hydroxyl groups is 1. The molecule has 1 heterocycles. The van der Waals surface area contributed by atoms with E-state index in [0.717, 1.165) is 23.9 Å². The van der Waals surface area contributed by atoms with Gasteiger partial charge in [0.05, 0.1) is 5.75 Å². The van der Waals surface area contributed by atoms with Crippen molar-refractivity contribution < 1.29 is 14.3 Å². The Morgan fingerprint density at radius 2 is 2.29 bits per heavy atom. The van der Waals surface area contributed by atoms with Crippen molar-refractivity contribution in [3.8, 4) is 0 Å². The quantitative estimate of drug-likeness (QED) is 0.733. The molecule has 0 saturated carbocycles. The molecular weight excluding hydrogens is 288 g/mol. The van der Waals surface area contributed by atoms with E-state index in [1.807, 2.05) is 24.3 Å². The number of aromatic nitrogens is 1. The van der Waals surface area contributed by atoms with E-state index in [2.05, 4.69) is 17.2 Å². The maximum Gasteiger partial charge on any atom is 0.257 e. The summed E-state index contributed by atoms with van der Waals surface area (Å²) in [5, 5.41) is 12.3. The summed E-state index contributed by atoms with van der Waals surface area (Å²) in [5.41, 5.74) is 1.53. The number of aliphatic hydroxyl groups excluding tert-OH is 1. The highest BCUT2D eigenvalue weighted by atomic mass is 32.2. The van der Waals surface area contributed by atoms with Crippen LogP contribution < -0.4 is 5.32 Å². The van der Waals surface area contributed by atoms with Crippen LogP contribution in [0.25, 0.3) is 11.1 Å². The predicted molar refractivity (Wildman–Crippen MR) is 83.2 cm³/mol. The van der Waals surface area contributed by atoms with E-state index < -0.39 is 0 Å². The van der Waals surface area contributed by atoms with E-state index in [-0.39, 0.29) is 18.3 Å². The second-order valence-electron chi connectivity index (χ2n) is 4.83. The number of hydrogen-bond donors (Lipinski definition) is 2. The molecule has 1 aromatic heterocycles. The molecule has 0 radical (unpaired) electrons. The fraction of sp³-hybridized carbons (Fsp3) is 0.467. The van der Waals surface area contributed by atoms with Gasteiger partial charge in [0, 0.05) is 13.2 Å². The van der Waals surface area contributed by atoms with Gasteiger partial charge in [0.25, 0.3) is 5.22 Å². The molecule has 0 bridgehead atoms. The molecular formula is C15H20N2O3S. The molecule has 1 unspecified atom stereocenters. The second-order valence-corrected chi connectivity index (χ2v) is 5.75. The van der Waals surface area contributed by atoms with Crippen LogP contribution in [0.4, 0.5) is 0 Å². The van der Waals surface area contributed by atoms with Gasteiger partial charge in [-0.1, -0.05) is 37.2 Å². The lowest BCUT2D eigenvalue weighted by Gasteiger charge is -2.13. The third-order valence-electron chi connectivity index (χ3n) is 3.30. The Balaban J connectivity index is 1.78. The standard InChI is InChI=1S/C15H20N2O3S/c1-2-11(7-8-18)9-16-14(19)10-21-15-17-12-5-3-4-6-13(12)20-15/h3-6,11,18H,2,7-10H2,1H3,(H,16,19). The number of thioether (sulfide) groups is 1. The first kappa shape index (κ1) is 15.9. The van der Waals surface area contributed by atoms with Crippen molar-refractivity contribution in [2.45, 2.75) is 25.0 Å². The fourth-order valence-electron chi connectivity index (χ4n) is 1.98. The van der Waals surface area contributed by atoms with Crippen molar-refractivity contribution in [1.82, 2.24) is 10.3 Å². The lowest BCUT2D eigenvalue weighted by molar-refractivity contribution is -0.118. The first-order valence-electron chi connectivity index (χ1n) is 7.08. The van der Waals surface area contributed by atoms with Crippen molar-refractivity contribution in [2.24, 2.45) is 5.92 Å². The largest absolute Gasteiger partial charge is 0.431 e. The molecule has 21 heavy (non-hydrogen) atoms. The lowest BCUT2D eigenvalue weighted by Crippen LogP contribution is -2.30. The molecule has 0 aliphatic rings. The number of para-hydroxylation sites is 2. The zero-order valence-corrected chi connectivity index (χ0v) is 12.9. The van der Waals surface area contributed by atoms with Crippen LogP contribution in [-0.4, -0.2) is 34.9 Å². The number of hydrogen-bond acceptors (Lipinski definition) is 5. The van der Waals surface area contributed by atoms with Gasteiger partial charge in [-0.2, -0.15) is 0 Å². The van der Waals surface area contributed by atoms with Gasteiger partial charge in [-0.25, -0.2) is 4.98 Å². The van der Waals surface area contributed by atoms with Gasteiger partial charge in [0.2, 0.25) is 5.91 Å². The topological polar surface area (TPSA) is 75.4 Å². The molecule has 114 valence electrons. The minimum atomic E-state index is -0.0429. The SMILES string of the molecule is CCC(CCO)CNC(=O)CSc1nc2ccccc2o1. The van der Waals surface area contributed by atoms with Gasteiger partial charge in [-0.05, 0) is 24.5 Å². The number of amides is 1. The third kappa shape index (κ3) is 4.75. The average Bonchev–Trinajstić information content (AvgIpc) is 2.92. The molecule has 1 amide bonds.